The molecule has 19 heavy (non-hydrogen) atoms. The molecule has 106 valence electrons. The van der Waals surface area contributed by atoms with Gasteiger partial charge in [-0.15, -0.1) is 0 Å². The molecule has 2 heterocycles. The molecule has 2 aliphatic heterocycles. The largest absolute Gasteiger partial charge is 0.465 e. The number of nitrogens with one attached hydrogen (secondary N) is 1. The first kappa shape index (κ1) is 14.0. The van der Waals surface area contributed by atoms with Crippen molar-refractivity contribution in [3.05, 3.63) is 0 Å². The summed E-state index contributed by atoms with van der Waals surface area (Å²) in [5, 5.41) is 2.76. The average Bonchev–Trinajstić information content (AvgIpc) is 2.39. The number of rotatable bonds is 3. The summed E-state index contributed by atoms with van der Waals surface area (Å²) in [6, 6.07) is -0.370. The lowest BCUT2D eigenvalue weighted by Crippen LogP contribution is -2.51. The molecule has 1 amide bonds. The van der Waals surface area contributed by atoms with Crippen molar-refractivity contribution in [1.82, 2.24) is 5.32 Å². The van der Waals surface area contributed by atoms with Crippen LogP contribution in [0.4, 0.5) is 0 Å². The van der Waals surface area contributed by atoms with Crippen molar-refractivity contribution >= 4 is 17.7 Å². The molecule has 0 spiro atoms. The number of hydrogen-bond acceptors (Lipinski definition) is 5. The molecule has 0 bridgehead atoms. The van der Waals surface area contributed by atoms with E-state index in [9.17, 15) is 9.59 Å². The maximum atomic E-state index is 12.1. The third-order valence-corrected chi connectivity index (χ3v) is 3.51. The van der Waals surface area contributed by atoms with Gasteiger partial charge in [0.15, 0.2) is 5.92 Å². The standard InChI is InChI=1S/C13H20N2O4/c1-3-19-13(17)10-8(2)14-11(15-12(10)16)9-4-6-18-7-5-9/h8-10H,3-7H2,1-2H3,(H,14,15,16). The van der Waals surface area contributed by atoms with E-state index in [1.165, 1.54) is 0 Å². The van der Waals surface area contributed by atoms with E-state index in [4.69, 9.17) is 9.47 Å². The second-order valence-electron chi connectivity index (χ2n) is 4.86. The number of hydrogen-bond donors (Lipinski definition) is 1. The first-order chi connectivity index (χ1) is 9.13. The fourth-order valence-corrected chi connectivity index (χ4v) is 2.46. The molecule has 1 fully saturated rings. The number of aliphatic imine (C=N–C) groups is 1. The molecule has 6 heteroatoms. The zero-order valence-electron chi connectivity index (χ0n) is 11.3. The first-order valence-electron chi connectivity index (χ1n) is 6.76. The molecule has 1 saturated heterocycles. The van der Waals surface area contributed by atoms with E-state index in [1.54, 1.807) is 13.8 Å². The van der Waals surface area contributed by atoms with Crippen LogP contribution in [0.5, 0.6) is 0 Å². The highest BCUT2D eigenvalue weighted by Crippen LogP contribution is 2.21. The van der Waals surface area contributed by atoms with Gasteiger partial charge in [0.1, 0.15) is 5.84 Å². The highest BCUT2D eigenvalue weighted by atomic mass is 16.5. The molecule has 6 nitrogen and oxygen atoms in total. The zero-order chi connectivity index (χ0) is 13.8. The maximum absolute atomic E-state index is 12.1. The van der Waals surface area contributed by atoms with Gasteiger partial charge in [0.25, 0.3) is 0 Å². The Balaban J connectivity index is 2.08. The summed E-state index contributed by atoms with van der Waals surface area (Å²) >= 11 is 0. The van der Waals surface area contributed by atoms with Gasteiger partial charge in [-0.3, -0.25) is 14.6 Å². The van der Waals surface area contributed by atoms with Crippen LogP contribution < -0.4 is 5.32 Å². The molecule has 0 radical (unpaired) electrons. The number of esters is 1. The Morgan fingerprint density at radius 1 is 1.47 bits per heavy atom. The smallest absolute Gasteiger partial charge is 0.320 e. The maximum Gasteiger partial charge on any atom is 0.320 e. The third kappa shape index (κ3) is 3.12. The summed E-state index contributed by atoms with van der Waals surface area (Å²) in [4.78, 5) is 28.2. The predicted molar refractivity (Wildman–Crippen MR) is 68.7 cm³/mol. The monoisotopic (exact) mass is 268 g/mol. The van der Waals surface area contributed by atoms with E-state index in [1.807, 2.05) is 0 Å². The Kier molecular flexibility index (Phi) is 4.52. The fourth-order valence-electron chi connectivity index (χ4n) is 2.46. The van der Waals surface area contributed by atoms with Crippen LogP contribution in [0.3, 0.4) is 0 Å². The Hall–Kier alpha value is -1.43. The molecule has 0 saturated carbocycles. The second-order valence-corrected chi connectivity index (χ2v) is 4.86. The van der Waals surface area contributed by atoms with E-state index < -0.39 is 11.9 Å². The SMILES string of the molecule is CCOC(=O)C1C(=O)NC(C2CCOCC2)=NC1C. The molecule has 0 aromatic heterocycles. The van der Waals surface area contributed by atoms with Gasteiger partial charge in [0, 0.05) is 19.1 Å². The van der Waals surface area contributed by atoms with Crippen LogP contribution in [-0.2, 0) is 19.1 Å². The van der Waals surface area contributed by atoms with Crippen molar-refractivity contribution in [3.8, 4) is 0 Å². The van der Waals surface area contributed by atoms with Gasteiger partial charge in [0.05, 0.1) is 12.6 Å². The lowest BCUT2D eigenvalue weighted by molar-refractivity contribution is -0.152. The number of amides is 1. The zero-order valence-corrected chi connectivity index (χ0v) is 11.3. The van der Waals surface area contributed by atoms with Crippen LogP contribution in [0.25, 0.3) is 0 Å². The summed E-state index contributed by atoms with van der Waals surface area (Å²) in [6.45, 7) is 5.15. The molecular formula is C13H20N2O4. The van der Waals surface area contributed by atoms with E-state index in [2.05, 4.69) is 10.3 Å². The van der Waals surface area contributed by atoms with Gasteiger partial charge >= 0.3 is 5.97 Å². The van der Waals surface area contributed by atoms with Crippen LogP contribution >= 0.6 is 0 Å². The minimum absolute atomic E-state index is 0.225. The number of carbonyl (C=O) groups excluding carboxylic acids is 2. The quantitative estimate of drug-likeness (QED) is 0.597. The molecule has 2 atom stereocenters. The molecule has 2 rings (SSSR count). The second kappa shape index (κ2) is 6.14. The van der Waals surface area contributed by atoms with Crippen molar-refractivity contribution in [1.29, 1.82) is 0 Å². The highest BCUT2D eigenvalue weighted by molar-refractivity contribution is 6.09. The van der Waals surface area contributed by atoms with Crippen LogP contribution in [0.2, 0.25) is 0 Å². The van der Waals surface area contributed by atoms with Crippen molar-refractivity contribution in [2.75, 3.05) is 19.8 Å². The summed E-state index contributed by atoms with van der Waals surface area (Å²) in [7, 11) is 0. The van der Waals surface area contributed by atoms with Crippen LogP contribution in [0.1, 0.15) is 26.7 Å². The Morgan fingerprint density at radius 3 is 2.74 bits per heavy atom. The summed E-state index contributed by atoms with van der Waals surface area (Å²) in [5.41, 5.74) is 0. The van der Waals surface area contributed by atoms with Crippen molar-refractivity contribution in [2.45, 2.75) is 32.7 Å². The van der Waals surface area contributed by atoms with E-state index >= 15 is 0 Å². The predicted octanol–water partition coefficient (Wildman–Crippen LogP) is 0.509. The van der Waals surface area contributed by atoms with Gasteiger partial charge in [-0.05, 0) is 26.7 Å². The molecule has 2 aliphatic rings. The average molecular weight is 268 g/mol. The number of nitrogens with zero attached hydrogens (tertiary/aromatic N) is 1. The number of amidine groups is 1. The normalized spacial score (nSPS) is 28.5. The first-order valence-corrected chi connectivity index (χ1v) is 6.76. The topological polar surface area (TPSA) is 77.0 Å². The molecule has 0 aromatic carbocycles. The van der Waals surface area contributed by atoms with Crippen molar-refractivity contribution in [2.24, 2.45) is 16.8 Å². The summed E-state index contributed by atoms with van der Waals surface area (Å²) in [6.07, 6.45) is 1.71. The molecule has 1 N–H and O–H groups in total. The lowest BCUT2D eigenvalue weighted by atomic mass is 9.93. The molecule has 2 unspecified atom stereocenters. The summed E-state index contributed by atoms with van der Waals surface area (Å²) in [5.74, 6) is -0.710. The highest BCUT2D eigenvalue weighted by Gasteiger charge is 2.39. The van der Waals surface area contributed by atoms with Crippen molar-refractivity contribution in [3.63, 3.8) is 0 Å². The minimum atomic E-state index is -0.830. The number of carbonyl (C=O) groups is 2. The minimum Gasteiger partial charge on any atom is -0.465 e. The van der Waals surface area contributed by atoms with Gasteiger partial charge < -0.3 is 14.8 Å². The lowest BCUT2D eigenvalue weighted by Gasteiger charge is -2.30. The fraction of sp³-hybridized carbons (Fsp3) is 0.769. The van der Waals surface area contributed by atoms with Crippen molar-refractivity contribution < 1.29 is 19.1 Å². The van der Waals surface area contributed by atoms with Crippen LogP contribution in [-0.4, -0.2) is 43.6 Å². The Morgan fingerprint density at radius 2 is 2.16 bits per heavy atom. The molecule has 0 aromatic rings. The van der Waals surface area contributed by atoms with Crippen LogP contribution in [0, 0.1) is 11.8 Å². The molecular weight excluding hydrogens is 248 g/mol. The van der Waals surface area contributed by atoms with E-state index in [0.29, 0.717) is 19.0 Å². The molecule has 0 aliphatic carbocycles. The van der Waals surface area contributed by atoms with Gasteiger partial charge in [-0.1, -0.05) is 0 Å². The number of ether oxygens (including phenoxy) is 2. The van der Waals surface area contributed by atoms with E-state index in [0.717, 1.165) is 12.8 Å². The van der Waals surface area contributed by atoms with Gasteiger partial charge in [-0.25, -0.2) is 0 Å². The Labute approximate surface area is 112 Å². The van der Waals surface area contributed by atoms with Crippen LogP contribution in [0.15, 0.2) is 4.99 Å². The third-order valence-electron chi connectivity index (χ3n) is 3.51. The van der Waals surface area contributed by atoms with Gasteiger partial charge in [0.2, 0.25) is 5.91 Å². The summed E-state index contributed by atoms with van der Waals surface area (Å²) < 4.78 is 10.2. The van der Waals surface area contributed by atoms with E-state index in [-0.39, 0.29) is 24.5 Å². The van der Waals surface area contributed by atoms with Gasteiger partial charge in [-0.2, -0.15) is 0 Å². The Bertz CT molecular complexity index is 388.